The molecule has 2 unspecified atom stereocenters. The minimum Gasteiger partial charge on any atom is -0.496 e. The Kier molecular flexibility index (Phi) is 5.90. The smallest absolute Gasteiger partial charge is 0.287 e. The van der Waals surface area contributed by atoms with Gasteiger partial charge in [-0.25, -0.2) is 4.98 Å². The summed E-state index contributed by atoms with van der Waals surface area (Å²) in [6.07, 6.45) is 9.08. The molecule has 5 rings (SSSR count). The number of rotatable bonds is 5. The Morgan fingerprint density at radius 1 is 1.26 bits per heavy atom. The normalized spacial score (nSPS) is 19.5. The Morgan fingerprint density at radius 2 is 2.12 bits per heavy atom. The average molecular weight is 475 g/mol. The maximum Gasteiger partial charge on any atom is 0.287 e. The Labute approximate surface area is 204 Å². The van der Waals surface area contributed by atoms with Gasteiger partial charge in [0.25, 0.3) is 5.91 Å². The van der Waals surface area contributed by atoms with Crippen molar-refractivity contribution in [3.8, 4) is 10.6 Å². The van der Waals surface area contributed by atoms with Gasteiger partial charge in [-0.05, 0) is 41.3 Å². The standard InChI is InChI=1S/C27H30N4O2S/c1-27(2,3)16-29-26(32)25-30-23(22-8-6-12-34-22)24-20-14-19(18-7-5-10-28-15-18)21(33-4)13-17(20)9-11-31(24)25/h5-8,10,12-15,17,20H,9,11,16H2,1-4H3,(H,29,32). The molecule has 0 bridgehead atoms. The van der Waals surface area contributed by atoms with Crippen LogP contribution < -0.4 is 5.32 Å². The number of fused-ring (bicyclic) bond motifs is 3. The van der Waals surface area contributed by atoms with Crippen molar-refractivity contribution >= 4 is 22.8 Å². The number of allylic oxidation sites excluding steroid dienone is 3. The van der Waals surface area contributed by atoms with E-state index in [9.17, 15) is 4.79 Å². The Bertz CT molecular complexity index is 1250. The number of hydrogen-bond donors (Lipinski definition) is 1. The third-order valence-electron chi connectivity index (χ3n) is 6.38. The van der Waals surface area contributed by atoms with Gasteiger partial charge in [0.1, 0.15) is 11.5 Å². The molecule has 0 fully saturated rings. The number of ether oxygens (including phenoxy) is 1. The lowest BCUT2D eigenvalue weighted by molar-refractivity contribution is 0.0922. The van der Waals surface area contributed by atoms with Crippen LogP contribution in [0.5, 0.6) is 0 Å². The first-order valence-corrected chi connectivity index (χ1v) is 12.5. The fraction of sp³-hybridized carbons (Fsp3) is 0.370. The second kappa shape index (κ2) is 8.87. The molecule has 1 aliphatic heterocycles. The highest BCUT2D eigenvalue weighted by Crippen LogP contribution is 2.47. The lowest BCUT2D eigenvalue weighted by atomic mass is 9.77. The summed E-state index contributed by atoms with van der Waals surface area (Å²) in [6.45, 7) is 7.68. The van der Waals surface area contributed by atoms with E-state index in [-0.39, 0.29) is 23.2 Å². The van der Waals surface area contributed by atoms with Crippen LogP contribution in [0.15, 0.2) is 60.0 Å². The number of imidazole rings is 1. The molecule has 0 aromatic carbocycles. The minimum absolute atomic E-state index is 0.000729. The van der Waals surface area contributed by atoms with Gasteiger partial charge in [-0.3, -0.25) is 9.78 Å². The van der Waals surface area contributed by atoms with Crippen molar-refractivity contribution in [2.45, 2.75) is 39.7 Å². The van der Waals surface area contributed by atoms with Crippen LogP contribution in [0.4, 0.5) is 0 Å². The summed E-state index contributed by atoms with van der Waals surface area (Å²) in [7, 11) is 1.72. The van der Waals surface area contributed by atoms with Crippen LogP contribution in [0.25, 0.3) is 16.1 Å². The van der Waals surface area contributed by atoms with Crippen LogP contribution in [0.2, 0.25) is 0 Å². The van der Waals surface area contributed by atoms with Crippen molar-refractivity contribution in [3.63, 3.8) is 0 Å². The number of methoxy groups -OCH3 is 1. The van der Waals surface area contributed by atoms with Gasteiger partial charge >= 0.3 is 0 Å². The first-order valence-electron chi connectivity index (χ1n) is 11.7. The highest BCUT2D eigenvalue weighted by molar-refractivity contribution is 7.13. The monoisotopic (exact) mass is 474 g/mol. The molecule has 1 N–H and O–H groups in total. The second-order valence-electron chi connectivity index (χ2n) is 10.1. The molecular weight excluding hydrogens is 444 g/mol. The fourth-order valence-electron chi connectivity index (χ4n) is 4.76. The second-order valence-corrected chi connectivity index (χ2v) is 11.0. The number of nitrogens with zero attached hydrogens (tertiary/aromatic N) is 3. The number of aromatic nitrogens is 3. The first kappa shape index (κ1) is 22.6. The predicted octanol–water partition coefficient (Wildman–Crippen LogP) is 5.51. The van der Waals surface area contributed by atoms with E-state index in [0.717, 1.165) is 46.1 Å². The quantitative estimate of drug-likeness (QED) is 0.529. The SMILES string of the molecule is COC1=CC2CCn3c(C(=O)NCC(C)(C)C)nc(-c4cccs4)c3C2C=C1c1cccnc1. The Morgan fingerprint density at radius 3 is 2.79 bits per heavy atom. The van der Waals surface area contributed by atoms with Crippen LogP contribution in [-0.2, 0) is 11.3 Å². The molecule has 6 nitrogen and oxygen atoms in total. The number of thiophene rings is 1. The number of nitrogens with one attached hydrogen (secondary N) is 1. The topological polar surface area (TPSA) is 69.0 Å². The van der Waals surface area contributed by atoms with E-state index in [0.29, 0.717) is 12.4 Å². The maximum absolute atomic E-state index is 13.2. The zero-order valence-corrected chi connectivity index (χ0v) is 20.9. The van der Waals surface area contributed by atoms with Crippen LogP contribution >= 0.6 is 11.3 Å². The fourth-order valence-corrected chi connectivity index (χ4v) is 5.48. The van der Waals surface area contributed by atoms with Crippen molar-refractivity contribution < 1.29 is 9.53 Å². The van der Waals surface area contributed by atoms with E-state index in [1.807, 2.05) is 18.3 Å². The molecule has 176 valence electrons. The van der Waals surface area contributed by atoms with Crippen LogP contribution in [0.3, 0.4) is 0 Å². The van der Waals surface area contributed by atoms with E-state index in [4.69, 9.17) is 9.72 Å². The van der Waals surface area contributed by atoms with Gasteiger partial charge in [0.05, 0.1) is 17.7 Å². The summed E-state index contributed by atoms with van der Waals surface area (Å²) in [5.74, 6) is 1.64. The summed E-state index contributed by atoms with van der Waals surface area (Å²) in [4.78, 5) is 23.6. The first-order chi connectivity index (χ1) is 16.4. The summed E-state index contributed by atoms with van der Waals surface area (Å²) in [5, 5.41) is 5.15. The molecule has 34 heavy (non-hydrogen) atoms. The third-order valence-corrected chi connectivity index (χ3v) is 7.25. The molecule has 7 heteroatoms. The molecular formula is C27H30N4O2S. The maximum atomic E-state index is 13.2. The van der Waals surface area contributed by atoms with E-state index >= 15 is 0 Å². The summed E-state index contributed by atoms with van der Waals surface area (Å²) in [6, 6.07) is 8.11. The van der Waals surface area contributed by atoms with E-state index in [2.05, 4.69) is 65.3 Å². The largest absolute Gasteiger partial charge is 0.496 e. The average Bonchev–Trinajstić information content (AvgIpc) is 3.50. The third kappa shape index (κ3) is 4.20. The van der Waals surface area contributed by atoms with E-state index in [1.165, 1.54) is 0 Å². The van der Waals surface area contributed by atoms with Crippen LogP contribution in [-0.4, -0.2) is 34.1 Å². The summed E-state index contributed by atoms with van der Waals surface area (Å²) in [5.41, 5.74) is 4.06. The summed E-state index contributed by atoms with van der Waals surface area (Å²) >= 11 is 1.65. The lowest BCUT2D eigenvalue weighted by Crippen LogP contribution is -2.35. The van der Waals surface area contributed by atoms with E-state index < -0.39 is 0 Å². The highest BCUT2D eigenvalue weighted by Gasteiger charge is 2.38. The Balaban J connectivity index is 1.62. The predicted molar refractivity (Wildman–Crippen MR) is 135 cm³/mol. The zero-order valence-electron chi connectivity index (χ0n) is 20.0. The van der Waals surface area contributed by atoms with Gasteiger partial charge in [-0.1, -0.05) is 39.0 Å². The molecule has 0 radical (unpaired) electrons. The number of amides is 1. The molecule has 2 atom stereocenters. The van der Waals surface area contributed by atoms with Crippen molar-refractivity contribution in [3.05, 3.63) is 77.0 Å². The van der Waals surface area contributed by atoms with Crippen molar-refractivity contribution in [2.24, 2.45) is 11.3 Å². The van der Waals surface area contributed by atoms with Gasteiger partial charge in [-0.2, -0.15) is 0 Å². The van der Waals surface area contributed by atoms with Crippen LogP contribution in [0.1, 0.15) is 55.0 Å². The van der Waals surface area contributed by atoms with Crippen molar-refractivity contribution in [2.75, 3.05) is 13.7 Å². The lowest BCUT2D eigenvalue weighted by Gasteiger charge is -2.34. The Hall–Kier alpha value is -3.19. The van der Waals surface area contributed by atoms with Gasteiger partial charge in [0, 0.05) is 42.5 Å². The number of pyridine rings is 1. The molecule has 3 aromatic rings. The molecule has 0 spiro atoms. The number of hydrogen-bond acceptors (Lipinski definition) is 5. The van der Waals surface area contributed by atoms with Gasteiger partial charge in [-0.15, -0.1) is 11.3 Å². The molecule has 0 saturated carbocycles. The van der Waals surface area contributed by atoms with Crippen LogP contribution in [0, 0.1) is 11.3 Å². The molecule has 2 aliphatic rings. The van der Waals surface area contributed by atoms with Gasteiger partial charge in [0.15, 0.2) is 5.82 Å². The summed E-state index contributed by atoms with van der Waals surface area (Å²) < 4.78 is 7.92. The van der Waals surface area contributed by atoms with Crippen molar-refractivity contribution in [1.82, 2.24) is 19.9 Å². The van der Waals surface area contributed by atoms with Gasteiger partial charge < -0.3 is 14.6 Å². The molecule has 1 amide bonds. The molecule has 1 aliphatic carbocycles. The molecule has 3 aromatic heterocycles. The zero-order chi connectivity index (χ0) is 23.9. The minimum atomic E-state index is -0.113. The number of carbonyl (C=O) groups is 1. The van der Waals surface area contributed by atoms with E-state index in [1.54, 1.807) is 24.6 Å². The molecule has 0 saturated heterocycles. The number of carbonyl (C=O) groups excluding carboxylic acids is 1. The van der Waals surface area contributed by atoms with Gasteiger partial charge in [0.2, 0.25) is 0 Å². The highest BCUT2D eigenvalue weighted by atomic mass is 32.1. The molecule has 4 heterocycles. The van der Waals surface area contributed by atoms with Crippen molar-refractivity contribution in [1.29, 1.82) is 0 Å².